The molecule has 0 spiro atoms. The van der Waals surface area contributed by atoms with Crippen molar-refractivity contribution in [3.05, 3.63) is 33.3 Å². The Labute approximate surface area is 128 Å². The zero-order valence-corrected chi connectivity index (χ0v) is 13.1. The number of rotatable bonds is 5. The van der Waals surface area contributed by atoms with Crippen molar-refractivity contribution in [1.82, 2.24) is 0 Å². The molecule has 1 atom stereocenters. The predicted octanol–water partition coefficient (Wildman–Crippen LogP) is 3.20. The number of nitrogens with zero attached hydrogens (tertiary/aromatic N) is 1. The van der Waals surface area contributed by atoms with Gasteiger partial charge in [0.15, 0.2) is 0 Å². The molecule has 1 aromatic carbocycles. The number of amides is 1. The molecule has 0 aliphatic carbocycles. The van der Waals surface area contributed by atoms with Gasteiger partial charge in [0, 0.05) is 18.3 Å². The minimum atomic E-state index is -0.590. The van der Waals surface area contributed by atoms with Crippen molar-refractivity contribution in [2.75, 3.05) is 11.9 Å². The summed E-state index contributed by atoms with van der Waals surface area (Å²) in [6, 6.07) is 4.15. The van der Waals surface area contributed by atoms with Crippen molar-refractivity contribution in [3.63, 3.8) is 0 Å². The number of benzene rings is 1. The molecule has 6 nitrogen and oxygen atoms in total. The number of nitrogens with two attached hydrogens (primary N) is 1. The Bertz CT molecular complexity index is 541. The highest BCUT2D eigenvalue weighted by molar-refractivity contribution is 6.32. The van der Waals surface area contributed by atoms with Crippen LogP contribution in [0.25, 0.3) is 0 Å². The van der Waals surface area contributed by atoms with Crippen LogP contribution in [0.4, 0.5) is 11.4 Å². The van der Waals surface area contributed by atoms with Crippen LogP contribution in [0.2, 0.25) is 5.02 Å². The van der Waals surface area contributed by atoms with E-state index in [0.717, 1.165) is 0 Å². The average molecular weight is 314 g/mol. The van der Waals surface area contributed by atoms with E-state index in [-0.39, 0.29) is 34.5 Å². The first-order valence-electron chi connectivity index (χ1n) is 6.59. The summed E-state index contributed by atoms with van der Waals surface area (Å²) < 4.78 is 0. The molecule has 116 valence electrons. The molecule has 1 rings (SSSR count). The first-order chi connectivity index (χ1) is 9.64. The van der Waals surface area contributed by atoms with E-state index in [1.807, 2.05) is 20.8 Å². The molecule has 0 aromatic heterocycles. The van der Waals surface area contributed by atoms with Crippen molar-refractivity contribution in [2.45, 2.75) is 27.2 Å². The van der Waals surface area contributed by atoms with Gasteiger partial charge in [-0.15, -0.1) is 0 Å². The molecule has 0 radical (unpaired) electrons. The van der Waals surface area contributed by atoms with Crippen LogP contribution in [-0.2, 0) is 4.79 Å². The summed E-state index contributed by atoms with van der Waals surface area (Å²) in [6.45, 7) is 6.29. The second kappa shape index (κ2) is 6.87. The van der Waals surface area contributed by atoms with E-state index in [4.69, 9.17) is 17.3 Å². The standard InChI is InChI=1S/C14H20ClN3O3/c1-14(2,3)7-9(8-16)13(19)17-10-4-5-11(15)12(6-10)18(20)21/h4-6,9H,7-8,16H2,1-3H3,(H,17,19). The average Bonchev–Trinajstić information content (AvgIpc) is 2.36. The van der Waals surface area contributed by atoms with Crippen molar-refractivity contribution in [2.24, 2.45) is 17.1 Å². The minimum Gasteiger partial charge on any atom is -0.330 e. The van der Waals surface area contributed by atoms with Gasteiger partial charge in [0.2, 0.25) is 5.91 Å². The number of nitrogens with one attached hydrogen (secondary N) is 1. The fourth-order valence-electron chi connectivity index (χ4n) is 2.00. The Balaban J connectivity index is 2.87. The zero-order valence-electron chi connectivity index (χ0n) is 12.4. The predicted molar refractivity (Wildman–Crippen MR) is 83.4 cm³/mol. The highest BCUT2D eigenvalue weighted by Crippen LogP contribution is 2.29. The van der Waals surface area contributed by atoms with E-state index in [1.165, 1.54) is 18.2 Å². The summed E-state index contributed by atoms with van der Waals surface area (Å²) in [5.41, 5.74) is 5.71. The summed E-state index contributed by atoms with van der Waals surface area (Å²) in [5, 5.41) is 13.5. The van der Waals surface area contributed by atoms with Crippen LogP contribution in [-0.4, -0.2) is 17.4 Å². The molecule has 0 fully saturated rings. The largest absolute Gasteiger partial charge is 0.330 e. The van der Waals surface area contributed by atoms with Gasteiger partial charge in [0.05, 0.1) is 10.8 Å². The van der Waals surface area contributed by atoms with Gasteiger partial charge < -0.3 is 11.1 Å². The third kappa shape index (κ3) is 5.32. The van der Waals surface area contributed by atoms with Crippen molar-refractivity contribution in [1.29, 1.82) is 0 Å². The van der Waals surface area contributed by atoms with Gasteiger partial charge >= 0.3 is 0 Å². The molecule has 1 aromatic rings. The number of carbonyl (C=O) groups is 1. The van der Waals surface area contributed by atoms with Crippen LogP contribution in [0.3, 0.4) is 0 Å². The Kier molecular flexibility index (Phi) is 5.69. The molecule has 0 aliphatic rings. The Morgan fingerprint density at radius 3 is 2.57 bits per heavy atom. The zero-order chi connectivity index (χ0) is 16.2. The van der Waals surface area contributed by atoms with Gasteiger partial charge in [0.25, 0.3) is 5.69 Å². The SMILES string of the molecule is CC(C)(C)CC(CN)C(=O)Nc1ccc(Cl)c([N+](=O)[O-])c1. The van der Waals surface area contributed by atoms with Crippen LogP contribution in [0.5, 0.6) is 0 Å². The van der Waals surface area contributed by atoms with Crippen molar-refractivity contribution < 1.29 is 9.72 Å². The fourth-order valence-corrected chi connectivity index (χ4v) is 2.18. The maximum Gasteiger partial charge on any atom is 0.289 e. The number of nitro groups is 1. The van der Waals surface area contributed by atoms with E-state index < -0.39 is 4.92 Å². The quantitative estimate of drug-likeness (QED) is 0.644. The molecule has 0 bridgehead atoms. The van der Waals surface area contributed by atoms with E-state index >= 15 is 0 Å². The summed E-state index contributed by atoms with van der Waals surface area (Å²) in [5.74, 6) is -0.594. The van der Waals surface area contributed by atoms with Crippen LogP contribution < -0.4 is 11.1 Å². The minimum absolute atomic E-state index is 0.0306. The summed E-state index contributed by atoms with van der Waals surface area (Å²) in [4.78, 5) is 22.4. The van der Waals surface area contributed by atoms with E-state index in [2.05, 4.69) is 5.32 Å². The first-order valence-corrected chi connectivity index (χ1v) is 6.96. The molecule has 0 saturated carbocycles. The normalized spacial score (nSPS) is 12.8. The smallest absolute Gasteiger partial charge is 0.289 e. The van der Waals surface area contributed by atoms with Gasteiger partial charge in [0.1, 0.15) is 5.02 Å². The summed E-state index contributed by atoms with van der Waals surface area (Å²) in [6.07, 6.45) is 0.630. The maximum atomic E-state index is 12.2. The number of hydrogen-bond acceptors (Lipinski definition) is 4. The van der Waals surface area contributed by atoms with Gasteiger partial charge in [-0.2, -0.15) is 0 Å². The third-order valence-electron chi connectivity index (χ3n) is 2.92. The molecule has 1 amide bonds. The monoisotopic (exact) mass is 313 g/mol. The van der Waals surface area contributed by atoms with Crippen LogP contribution in [0.15, 0.2) is 18.2 Å². The number of anilines is 1. The lowest BCUT2D eigenvalue weighted by Crippen LogP contribution is -2.32. The molecular weight excluding hydrogens is 294 g/mol. The van der Waals surface area contributed by atoms with Gasteiger partial charge in [-0.25, -0.2) is 0 Å². The summed E-state index contributed by atoms with van der Waals surface area (Å²) >= 11 is 5.73. The van der Waals surface area contributed by atoms with E-state index in [1.54, 1.807) is 0 Å². The molecule has 21 heavy (non-hydrogen) atoms. The lowest BCUT2D eigenvalue weighted by Gasteiger charge is -2.24. The molecular formula is C14H20ClN3O3. The lowest BCUT2D eigenvalue weighted by molar-refractivity contribution is -0.384. The molecule has 3 N–H and O–H groups in total. The van der Waals surface area contributed by atoms with Gasteiger partial charge in [-0.05, 0) is 24.0 Å². The maximum absolute atomic E-state index is 12.2. The van der Waals surface area contributed by atoms with Crippen LogP contribution >= 0.6 is 11.6 Å². The van der Waals surface area contributed by atoms with E-state index in [9.17, 15) is 14.9 Å². The highest BCUT2D eigenvalue weighted by Gasteiger charge is 2.24. The lowest BCUT2D eigenvalue weighted by atomic mass is 9.84. The molecule has 0 saturated heterocycles. The third-order valence-corrected chi connectivity index (χ3v) is 3.24. The Morgan fingerprint density at radius 1 is 1.48 bits per heavy atom. The van der Waals surface area contributed by atoms with Crippen LogP contribution in [0, 0.1) is 21.4 Å². The molecule has 7 heteroatoms. The van der Waals surface area contributed by atoms with Crippen molar-refractivity contribution in [3.8, 4) is 0 Å². The van der Waals surface area contributed by atoms with Crippen LogP contribution in [0.1, 0.15) is 27.2 Å². The highest BCUT2D eigenvalue weighted by atomic mass is 35.5. The van der Waals surface area contributed by atoms with Gasteiger partial charge in [-0.3, -0.25) is 14.9 Å². The van der Waals surface area contributed by atoms with Gasteiger partial charge in [-0.1, -0.05) is 32.4 Å². The number of carbonyl (C=O) groups excluding carboxylic acids is 1. The second-order valence-electron chi connectivity index (χ2n) is 6.11. The Hall–Kier alpha value is -1.66. The Morgan fingerprint density at radius 2 is 2.10 bits per heavy atom. The molecule has 0 aliphatic heterocycles. The fraction of sp³-hybridized carbons (Fsp3) is 0.500. The van der Waals surface area contributed by atoms with E-state index in [0.29, 0.717) is 12.1 Å². The number of halogens is 1. The number of nitro benzene ring substituents is 1. The molecule has 1 unspecified atom stereocenters. The number of hydrogen-bond donors (Lipinski definition) is 2. The summed E-state index contributed by atoms with van der Waals surface area (Å²) in [7, 11) is 0. The topological polar surface area (TPSA) is 98.3 Å². The first kappa shape index (κ1) is 17.4. The second-order valence-corrected chi connectivity index (χ2v) is 6.52. The molecule has 0 heterocycles. The van der Waals surface area contributed by atoms with Crippen molar-refractivity contribution >= 4 is 28.9 Å².